The maximum absolute atomic E-state index is 14.6. The summed E-state index contributed by atoms with van der Waals surface area (Å²) in [6.45, 7) is 3.17. The zero-order valence-corrected chi connectivity index (χ0v) is 16.2. The quantitative estimate of drug-likeness (QED) is 0.402. The van der Waals surface area contributed by atoms with Crippen molar-refractivity contribution in [3.63, 3.8) is 0 Å². The molecule has 2 aromatic rings. The Kier molecular flexibility index (Phi) is 5.25. The van der Waals surface area contributed by atoms with Crippen molar-refractivity contribution in [3.05, 3.63) is 51.6 Å². The number of fused-ring (bicyclic) bond motifs is 3. The van der Waals surface area contributed by atoms with E-state index in [0.29, 0.717) is 16.9 Å². The fraction of sp³-hybridized carbons (Fsp3) is 0.400. The van der Waals surface area contributed by atoms with E-state index in [-0.39, 0.29) is 17.9 Å². The first-order chi connectivity index (χ1) is 13.5. The molecular formula is C20H21F2NO6. The van der Waals surface area contributed by atoms with Crippen LogP contribution in [0.4, 0.5) is 8.78 Å². The van der Waals surface area contributed by atoms with E-state index in [1.807, 2.05) is 6.07 Å². The second kappa shape index (κ2) is 7.38. The van der Waals surface area contributed by atoms with Crippen LogP contribution >= 0.6 is 0 Å². The standard InChI is InChI=1S/C20H21F2NO6/c1-19(2)15-6-5-13(27-3)11-14(15)18-16(24)9-12(10-17(18)29-19)20(21,22)7-4-8-28-23(25)26/h5-6,9-11,24H,4,7-8H2,1-3H3. The molecule has 9 heteroatoms. The third-order valence-corrected chi connectivity index (χ3v) is 4.85. The lowest BCUT2D eigenvalue weighted by Crippen LogP contribution is -2.29. The monoisotopic (exact) mass is 409 g/mol. The molecule has 156 valence electrons. The van der Waals surface area contributed by atoms with Crippen LogP contribution in [0.2, 0.25) is 0 Å². The van der Waals surface area contributed by atoms with Crippen molar-refractivity contribution in [1.82, 2.24) is 0 Å². The molecule has 0 bridgehead atoms. The van der Waals surface area contributed by atoms with Crippen molar-refractivity contribution in [2.24, 2.45) is 0 Å². The molecule has 3 rings (SSSR count). The van der Waals surface area contributed by atoms with Crippen LogP contribution in [0, 0.1) is 10.1 Å². The maximum atomic E-state index is 14.6. The number of benzene rings is 2. The Labute approximate surface area is 165 Å². The fourth-order valence-electron chi connectivity index (χ4n) is 3.45. The molecule has 0 saturated carbocycles. The molecule has 0 saturated heterocycles. The highest BCUT2D eigenvalue weighted by Crippen LogP contribution is 2.52. The van der Waals surface area contributed by atoms with Gasteiger partial charge in [-0.1, -0.05) is 6.07 Å². The minimum Gasteiger partial charge on any atom is -0.507 e. The van der Waals surface area contributed by atoms with Gasteiger partial charge >= 0.3 is 0 Å². The number of halogens is 2. The lowest BCUT2D eigenvalue weighted by atomic mass is 9.84. The van der Waals surface area contributed by atoms with E-state index in [9.17, 15) is 24.0 Å². The number of aromatic hydroxyl groups is 1. The smallest absolute Gasteiger partial charge is 0.294 e. The average Bonchev–Trinajstić information content (AvgIpc) is 2.63. The topological polar surface area (TPSA) is 91.1 Å². The van der Waals surface area contributed by atoms with Gasteiger partial charge in [-0.05, 0) is 50.1 Å². The zero-order valence-electron chi connectivity index (χ0n) is 16.2. The Morgan fingerprint density at radius 2 is 2.00 bits per heavy atom. The van der Waals surface area contributed by atoms with E-state index in [0.717, 1.165) is 11.6 Å². The average molecular weight is 409 g/mol. The SMILES string of the molecule is COc1ccc2c(c1)-c1c(O)cc(C(F)(F)CCCO[N+](=O)[O-])cc1OC2(C)C. The van der Waals surface area contributed by atoms with Crippen LogP contribution in [0.1, 0.15) is 37.8 Å². The van der Waals surface area contributed by atoms with Gasteiger partial charge in [-0.25, -0.2) is 8.78 Å². The molecule has 0 radical (unpaired) electrons. The van der Waals surface area contributed by atoms with Gasteiger partial charge in [-0.15, -0.1) is 10.1 Å². The molecule has 1 aliphatic heterocycles. The van der Waals surface area contributed by atoms with Crippen molar-refractivity contribution in [1.29, 1.82) is 0 Å². The van der Waals surface area contributed by atoms with E-state index in [1.54, 1.807) is 26.0 Å². The summed E-state index contributed by atoms with van der Waals surface area (Å²) in [5.41, 5.74) is 0.500. The summed E-state index contributed by atoms with van der Waals surface area (Å²) in [6.07, 6.45) is -0.898. The van der Waals surface area contributed by atoms with Gasteiger partial charge in [0.2, 0.25) is 0 Å². The van der Waals surface area contributed by atoms with Crippen LogP contribution in [-0.2, 0) is 16.4 Å². The number of phenols is 1. The third-order valence-electron chi connectivity index (χ3n) is 4.85. The van der Waals surface area contributed by atoms with Gasteiger partial charge in [0.05, 0.1) is 19.3 Å². The predicted molar refractivity (Wildman–Crippen MR) is 99.8 cm³/mol. The number of alkyl halides is 2. The second-order valence-corrected chi connectivity index (χ2v) is 7.26. The van der Waals surface area contributed by atoms with Crippen LogP contribution in [-0.4, -0.2) is 23.9 Å². The molecule has 0 atom stereocenters. The molecule has 1 N–H and O–H groups in total. The maximum Gasteiger partial charge on any atom is 0.294 e. The number of rotatable bonds is 7. The molecule has 29 heavy (non-hydrogen) atoms. The van der Waals surface area contributed by atoms with E-state index in [1.165, 1.54) is 13.2 Å². The normalized spacial score (nSPS) is 14.4. The van der Waals surface area contributed by atoms with Gasteiger partial charge in [0, 0.05) is 17.5 Å². The molecule has 0 aliphatic carbocycles. The van der Waals surface area contributed by atoms with Crippen molar-refractivity contribution < 1.29 is 33.3 Å². The summed E-state index contributed by atoms with van der Waals surface area (Å²) >= 11 is 0. The first-order valence-corrected chi connectivity index (χ1v) is 8.95. The van der Waals surface area contributed by atoms with Crippen LogP contribution in [0.3, 0.4) is 0 Å². The van der Waals surface area contributed by atoms with Crippen LogP contribution in [0.5, 0.6) is 17.2 Å². The number of methoxy groups -OCH3 is 1. The minimum absolute atomic E-state index is 0.131. The highest BCUT2D eigenvalue weighted by Gasteiger charge is 2.38. The third kappa shape index (κ3) is 4.03. The molecule has 0 unspecified atom stereocenters. The summed E-state index contributed by atoms with van der Waals surface area (Å²) in [7, 11) is 1.51. The molecule has 0 amide bonds. The Morgan fingerprint density at radius 3 is 2.66 bits per heavy atom. The molecule has 0 aromatic heterocycles. The molecular weight excluding hydrogens is 388 g/mol. The van der Waals surface area contributed by atoms with Gasteiger partial charge in [0.15, 0.2) is 0 Å². The first kappa shape index (κ1) is 20.6. The minimum atomic E-state index is -3.32. The Balaban J connectivity index is 1.99. The lowest BCUT2D eigenvalue weighted by Gasteiger charge is -2.36. The summed E-state index contributed by atoms with van der Waals surface area (Å²) < 4.78 is 40.4. The van der Waals surface area contributed by atoms with Gasteiger partial charge in [-0.3, -0.25) is 0 Å². The summed E-state index contributed by atoms with van der Waals surface area (Å²) in [6, 6.07) is 7.51. The van der Waals surface area contributed by atoms with Crippen molar-refractivity contribution in [2.75, 3.05) is 13.7 Å². The van der Waals surface area contributed by atoms with Crippen molar-refractivity contribution >= 4 is 0 Å². The van der Waals surface area contributed by atoms with E-state index >= 15 is 0 Å². The largest absolute Gasteiger partial charge is 0.507 e. The van der Waals surface area contributed by atoms with Gasteiger partial charge in [-0.2, -0.15) is 0 Å². The highest BCUT2D eigenvalue weighted by molar-refractivity contribution is 5.83. The van der Waals surface area contributed by atoms with Crippen molar-refractivity contribution in [2.45, 2.75) is 38.2 Å². The second-order valence-electron chi connectivity index (χ2n) is 7.26. The van der Waals surface area contributed by atoms with Gasteiger partial charge in [0.1, 0.15) is 22.8 Å². The van der Waals surface area contributed by atoms with Gasteiger partial charge < -0.3 is 19.4 Å². The Hall–Kier alpha value is -3.10. The van der Waals surface area contributed by atoms with Crippen LogP contribution in [0.25, 0.3) is 11.1 Å². The number of hydrogen-bond donors (Lipinski definition) is 1. The highest BCUT2D eigenvalue weighted by atomic mass is 19.3. The lowest BCUT2D eigenvalue weighted by molar-refractivity contribution is -0.757. The predicted octanol–water partition coefficient (Wildman–Crippen LogP) is 4.78. The number of hydrogen-bond acceptors (Lipinski definition) is 6. The van der Waals surface area contributed by atoms with E-state index < -0.39 is 35.2 Å². The molecule has 1 heterocycles. The number of ether oxygens (including phenoxy) is 2. The van der Waals surface area contributed by atoms with Crippen LogP contribution in [0.15, 0.2) is 30.3 Å². The van der Waals surface area contributed by atoms with Crippen molar-refractivity contribution in [3.8, 4) is 28.4 Å². The Bertz CT molecular complexity index is 945. The summed E-state index contributed by atoms with van der Waals surface area (Å²) in [5, 5.41) is 19.7. The van der Waals surface area contributed by atoms with E-state index in [4.69, 9.17) is 9.47 Å². The zero-order chi connectivity index (χ0) is 21.4. The van der Waals surface area contributed by atoms with E-state index in [2.05, 4.69) is 4.84 Å². The molecule has 2 aromatic carbocycles. The summed E-state index contributed by atoms with van der Waals surface area (Å²) in [4.78, 5) is 14.2. The van der Waals surface area contributed by atoms with Gasteiger partial charge in [0.25, 0.3) is 11.0 Å². The molecule has 0 fully saturated rings. The Morgan fingerprint density at radius 1 is 1.28 bits per heavy atom. The molecule has 1 aliphatic rings. The number of nitrogens with zero attached hydrogens (tertiary/aromatic N) is 1. The molecule has 7 nitrogen and oxygen atoms in total. The first-order valence-electron chi connectivity index (χ1n) is 8.95. The van der Waals surface area contributed by atoms with Crippen LogP contribution < -0.4 is 9.47 Å². The molecule has 0 spiro atoms. The summed E-state index contributed by atoms with van der Waals surface area (Å²) in [5.74, 6) is -2.98. The fourth-order valence-corrected chi connectivity index (χ4v) is 3.45. The number of phenolic OH excluding ortho intramolecular Hbond substituents is 1.